The smallest absolute Gasteiger partial charge is 0.266 e. The number of halogens is 1. The van der Waals surface area contributed by atoms with E-state index >= 15 is 0 Å². The first-order valence-electron chi connectivity index (χ1n) is 9.44. The van der Waals surface area contributed by atoms with Gasteiger partial charge >= 0.3 is 0 Å². The van der Waals surface area contributed by atoms with Gasteiger partial charge in [-0.15, -0.1) is 0 Å². The highest BCUT2D eigenvalue weighted by Crippen LogP contribution is 2.34. The van der Waals surface area contributed by atoms with Crippen molar-refractivity contribution in [2.24, 2.45) is 0 Å². The molecule has 31 heavy (non-hydrogen) atoms. The van der Waals surface area contributed by atoms with Crippen LogP contribution < -0.4 is 14.8 Å². The van der Waals surface area contributed by atoms with Gasteiger partial charge in [0.1, 0.15) is 4.32 Å². The average Bonchev–Trinajstić information content (AvgIpc) is 3.01. The maximum atomic E-state index is 12.8. The minimum absolute atomic E-state index is 0.107. The monoisotopic (exact) mass is 520 g/mol. The summed E-state index contributed by atoms with van der Waals surface area (Å²) in [6.45, 7) is 0.389. The largest absolute Gasteiger partial charge is 0.493 e. The van der Waals surface area contributed by atoms with E-state index in [0.29, 0.717) is 33.7 Å². The van der Waals surface area contributed by atoms with E-state index in [0.717, 1.165) is 15.7 Å². The van der Waals surface area contributed by atoms with Gasteiger partial charge in [0, 0.05) is 23.1 Å². The van der Waals surface area contributed by atoms with Crippen LogP contribution in [0.5, 0.6) is 11.5 Å². The molecule has 1 fully saturated rings. The van der Waals surface area contributed by atoms with Crippen molar-refractivity contribution in [3.63, 3.8) is 0 Å². The topological polar surface area (TPSA) is 67.9 Å². The summed E-state index contributed by atoms with van der Waals surface area (Å²) in [5, 5.41) is 2.85. The number of anilines is 1. The Hall–Kier alpha value is -2.36. The Labute approximate surface area is 199 Å². The molecule has 0 atom stereocenters. The van der Waals surface area contributed by atoms with Gasteiger partial charge in [0.05, 0.1) is 19.1 Å². The second-order valence-electron chi connectivity index (χ2n) is 6.61. The van der Waals surface area contributed by atoms with Crippen LogP contribution in [0.4, 0.5) is 5.69 Å². The summed E-state index contributed by atoms with van der Waals surface area (Å²) in [4.78, 5) is 27.0. The number of nitrogens with one attached hydrogen (secondary N) is 1. The molecule has 0 spiro atoms. The zero-order valence-corrected chi connectivity index (χ0v) is 20.2. The van der Waals surface area contributed by atoms with E-state index in [1.807, 2.05) is 30.3 Å². The molecule has 6 nitrogen and oxygen atoms in total. The number of amides is 2. The molecule has 2 aromatic rings. The molecule has 9 heteroatoms. The SMILES string of the molecule is COc1ccc(/C=C2\SC(=S)N(CCCC(=O)Nc3cccc(Br)c3)C2=O)cc1OC. The van der Waals surface area contributed by atoms with Crippen LogP contribution in [0, 0.1) is 0 Å². The van der Waals surface area contributed by atoms with Crippen molar-refractivity contribution in [2.75, 3.05) is 26.1 Å². The second kappa shape index (κ2) is 10.8. The Balaban J connectivity index is 1.57. The van der Waals surface area contributed by atoms with Gasteiger partial charge in [-0.25, -0.2) is 0 Å². The van der Waals surface area contributed by atoms with Crippen LogP contribution in [-0.2, 0) is 9.59 Å². The second-order valence-corrected chi connectivity index (χ2v) is 9.20. The fourth-order valence-electron chi connectivity index (χ4n) is 2.97. The number of thioether (sulfide) groups is 1. The predicted molar refractivity (Wildman–Crippen MR) is 131 cm³/mol. The van der Waals surface area contributed by atoms with Crippen LogP contribution in [0.1, 0.15) is 18.4 Å². The molecule has 162 valence electrons. The summed E-state index contributed by atoms with van der Waals surface area (Å²) < 4.78 is 11.9. The summed E-state index contributed by atoms with van der Waals surface area (Å²) in [7, 11) is 3.13. The maximum Gasteiger partial charge on any atom is 0.266 e. The lowest BCUT2D eigenvalue weighted by Crippen LogP contribution is -2.29. The zero-order valence-electron chi connectivity index (χ0n) is 17.0. The van der Waals surface area contributed by atoms with Crippen molar-refractivity contribution in [3.8, 4) is 11.5 Å². The van der Waals surface area contributed by atoms with Gasteiger partial charge in [-0.1, -0.05) is 52.0 Å². The number of carbonyl (C=O) groups excluding carboxylic acids is 2. The number of hydrogen-bond donors (Lipinski definition) is 1. The van der Waals surface area contributed by atoms with Crippen LogP contribution >= 0.6 is 39.9 Å². The molecular weight excluding hydrogens is 500 g/mol. The summed E-state index contributed by atoms with van der Waals surface area (Å²) >= 11 is 10.0. The normalized spacial score (nSPS) is 14.8. The van der Waals surface area contributed by atoms with Crippen LogP contribution in [0.25, 0.3) is 6.08 Å². The molecule has 1 aliphatic heterocycles. The third kappa shape index (κ3) is 6.09. The fraction of sp³-hybridized carbons (Fsp3) is 0.227. The number of carbonyl (C=O) groups is 2. The van der Waals surface area contributed by atoms with Gasteiger partial charge in [-0.2, -0.15) is 0 Å². The Kier molecular flexibility index (Phi) is 8.11. The van der Waals surface area contributed by atoms with Crippen molar-refractivity contribution in [1.29, 1.82) is 0 Å². The van der Waals surface area contributed by atoms with Crippen molar-refractivity contribution < 1.29 is 19.1 Å². The van der Waals surface area contributed by atoms with Crippen LogP contribution in [-0.4, -0.2) is 41.8 Å². The quantitative estimate of drug-likeness (QED) is 0.386. The molecule has 1 saturated heterocycles. The number of rotatable bonds is 8. The van der Waals surface area contributed by atoms with Crippen LogP contribution in [0.2, 0.25) is 0 Å². The van der Waals surface area contributed by atoms with Crippen molar-refractivity contribution in [3.05, 3.63) is 57.4 Å². The third-order valence-electron chi connectivity index (χ3n) is 4.47. The minimum Gasteiger partial charge on any atom is -0.493 e. The van der Waals surface area contributed by atoms with Crippen molar-refractivity contribution in [1.82, 2.24) is 4.90 Å². The van der Waals surface area contributed by atoms with Gasteiger partial charge < -0.3 is 14.8 Å². The van der Waals surface area contributed by atoms with E-state index in [9.17, 15) is 9.59 Å². The molecule has 1 heterocycles. The van der Waals surface area contributed by atoms with E-state index in [2.05, 4.69) is 21.2 Å². The van der Waals surface area contributed by atoms with E-state index in [4.69, 9.17) is 21.7 Å². The summed E-state index contributed by atoms with van der Waals surface area (Å²) in [6, 6.07) is 12.8. The lowest BCUT2D eigenvalue weighted by Gasteiger charge is -2.14. The molecule has 0 saturated carbocycles. The zero-order chi connectivity index (χ0) is 22.4. The number of benzene rings is 2. The molecule has 0 bridgehead atoms. The van der Waals surface area contributed by atoms with Gasteiger partial charge in [0.25, 0.3) is 5.91 Å². The first-order chi connectivity index (χ1) is 14.9. The summed E-state index contributed by atoms with van der Waals surface area (Å²) in [5.74, 6) is 0.943. The van der Waals surface area contributed by atoms with Crippen molar-refractivity contribution in [2.45, 2.75) is 12.8 Å². The Morgan fingerprint density at radius 1 is 1.19 bits per heavy atom. The standard InChI is InChI=1S/C22H21BrN2O4S2/c1-28-17-9-8-14(11-18(17)29-2)12-19-21(27)25(22(30)31-19)10-4-7-20(26)24-16-6-3-5-15(23)13-16/h3,5-6,8-9,11-13H,4,7,10H2,1-2H3,(H,24,26)/b19-12-. The predicted octanol–water partition coefficient (Wildman–Crippen LogP) is 5.09. The molecule has 0 aliphatic carbocycles. The van der Waals surface area contributed by atoms with Crippen molar-refractivity contribution >= 4 is 67.8 Å². The van der Waals surface area contributed by atoms with E-state index in [1.54, 1.807) is 37.3 Å². The van der Waals surface area contributed by atoms with Gasteiger partial charge in [-0.3, -0.25) is 14.5 Å². The number of hydrogen-bond acceptors (Lipinski definition) is 6. The molecule has 1 N–H and O–H groups in total. The third-order valence-corrected chi connectivity index (χ3v) is 6.34. The van der Waals surface area contributed by atoms with Crippen LogP contribution in [0.15, 0.2) is 51.8 Å². The number of ether oxygens (including phenoxy) is 2. The number of methoxy groups -OCH3 is 2. The Bertz CT molecular complexity index is 1040. The van der Waals surface area contributed by atoms with E-state index in [-0.39, 0.29) is 18.2 Å². The first kappa shape index (κ1) is 23.3. The average molecular weight is 521 g/mol. The van der Waals surface area contributed by atoms with E-state index < -0.39 is 0 Å². The highest BCUT2D eigenvalue weighted by Gasteiger charge is 2.31. The number of thiocarbonyl (C=S) groups is 1. The summed E-state index contributed by atoms with van der Waals surface area (Å²) in [6.07, 6.45) is 2.58. The molecule has 0 aromatic heterocycles. The highest BCUT2D eigenvalue weighted by atomic mass is 79.9. The molecular formula is C22H21BrN2O4S2. The molecule has 0 radical (unpaired) electrons. The lowest BCUT2D eigenvalue weighted by atomic mass is 10.2. The summed E-state index contributed by atoms with van der Waals surface area (Å²) in [5.41, 5.74) is 1.54. The maximum absolute atomic E-state index is 12.8. The molecule has 1 aliphatic rings. The first-order valence-corrected chi connectivity index (χ1v) is 11.5. The van der Waals surface area contributed by atoms with Crippen LogP contribution in [0.3, 0.4) is 0 Å². The van der Waals surface area contributed by atoms with Gasteiger partial charge in [-0.05, 0) is 48.4 Å². The molecule has 3 rings (SSSR count). The van der Waals surface area contributed by atoms with E-state index in [1.165, 1.54) is 11.8 Å². The molecule has 2 amide bonds. The number of nitrogens with zero attached hydrogens (tertiary/aromatic N) is 1. The van der Waals surface area contributed by atoms with Gasteiger partial charge in [0.15, 0.2) is 11.5 Å². The fourth-order valence-corrected chi connectivity index (χ4v) is 4.68. The minimum atomic E-state index is -0.155. The highest BCUT2D eigenvalue weighted by molar-refractivity contribution is 9.10. The molecule has 2 aromatic carbocycles. The van der Waals surface area contributed by atoms with Gasteiger partial charge in [0.2, 0.25) is 5.91 Å². The molecule has 0 unspecified atom stereocenters. The Morgan fingerprint density at radius 3 is 2.68 bits per heavy atom. The Morgan fingerprint density at radius 2 is 1.97 bits per heavy atom. The lowest BCUT2D eigenvalue weighted by molar-refractivity contribution is -0.122.